The zero-order valence-corrected chi connectivity index (χ0v) is 16.5. The fourth-order valence-electron chi connectivity index (χ4n) is 3.07. The number of nitrogens with one attached hydrogen (secondary N) is 2. The Balaban J connectivity index is 1.59. The molecule has 1 aromatic heterocycles. The minimum Gasteiger partial charge on any atom is -0.422 e. The van der Waals surface area contributed by atoms with Crippen LogP contribution in [-0.4, -0.2) is 11.0 Å². The molecule has 6 nitrogen and oxygen atoms in total. The highest BCUT2D eigenvalue weighted by Gasteiger charge is 2.11. The molecule has 0 saturated carbocycles. The van der Waals surface area contributed by atoms with Gasteiger partial charge in [0.15, 0.2) is 5.11 Å². The van der Waals surface area contributed by atoms with Gasteiger partial charge in [0.1, 0.15) is 5.58 Å². The maximum Gasteiger partial charge on any atom is 0.344 e. The number of hydrogen-bond acceptors (Lipinski definition) is 4. The molecule has 0 aliphatic heterocycles. The third-order valence-corrected chi connectivity index (χ3v) is 4.59. The number of fused-ring (bicyclic) bond motifs is 1. The van der Waals surface area contributed by atoms with Crippen molar-refractivity contribution in [3.8, 4) is 11.1 Å². The number of rotatable bonds is 4. The number of carbonyl (C=O) groups is 1. The van der Waals surface area contributed by atoms with Gasteiger partial charge < -0.3 is 20.8 Å². The monoisotopic (exact) mass is 415 g/mol. The molecule has 0 aliphatic rings. The fourth-order valence-corrected chi connectivity index (χ4v) is 3.19. The maximum atomic E-state index is 12.7. The van der Waals surface area contributed by atoms with Crippen LogP contribution in [0.15, 0.2) is 88.1 Å². The fraction of sp³-hybridized carbons (Fsp3) is 0. The molecule has 148 valence electrons. The first-order valence-corrected chi connectivity index (χ1v) is 9.51. The number of carbonyl (C=O) groups excluding carboxylic acids is 1. The van der Waals surface area contributed by atoms with Crippen LogP contribution in [0.3, 0.4) is 0 Å². The lowest BCUT2D eigenvalue weighted by Crippen LogP contribution is -2.18. The first-order valence-electron chi connectivity index (χ1n) is 9.11. The molecular formula is C23H17N3O3S. The van der Waals surface area contributed by atoms with Crippen LogP contribution < -0.4 is 22.0 Å². The van der Waals surface area contributed by atoms with E-state index < -0.39 is 5.63 Å². The van der Waals surface area contributed by atoms with Gasteiger partial charge in [-0.3, -0.25) is 4.79 Å². The van der Waals surface area contributed by atoms with Gasteiger partial charge in [-0.1, -0.05) is 30.3 Å². The topological polar surface area (TPSA) is 97.4 Å². The summed E-state index contributed by atoms with van der Waals surface area (Å²) in [5.41, 5.74) is 8.29. The Kier molecular flexibility index (Phi) is 5.28. The first kappa shape index (κ1) is 19.4. The standard InChI is InChI=1S/C23H17N3O3S/c24-23(30)26-18-10-8-17(9-11-18)25-21(27)16-6-3-5-14(12-16)19-13-15-4-1-2-7-20(15)29-22(19)28/h1-13H,(H,25,27)(H3,24,26,30). The van der Waals surface area contributed by atoms with E-state index in [4.69, 9.17) is 22.4 Å². The van der Waals surface area contributed by atoms with Crippen molar-refractivity contribution in [2.75, 3.05) is 10.6 Å². The van der Waals surface area contributed by atoms with E-state index in [9.17, 15) is 9.59 Å². The third kappa shape index (κ3) is 4.21. The first-order chi connectivity index (χ1) is 14.5. The highest BCUT2D eigenvalue weighted by Crippen LogP contribution is 2.22. The van der Waals surface area contributed by atoms with Gasteiger partial charge in [0, 0.05) is 22.3 Å². The Bertz CT molecular complexity index is 1310. The molecule has 4 rings (SSSR count). The van der Waals surface area contributed by atoms with Crippen LogP contribution in [0.25, 0.3) is 22.1 Å². The van der Waals surface area contributed by atoms with Crippen molar-refractivity contribution in [1.82, 2.24) is 0 Å². The van der Waals surface area contributed by atoms with E-state index in [1.54, 1.807) is 60.7 Å². The van der Waals surface area contributed by atoms with E-state index in [0.717, 1.165) is 11.1 Å². The van der Waals surface area contributed by atoms with Crippen molar-refractivity contribution < 1.29 is 9.21 Å². The van der Waals surface area contributed by atoms with Crippen LogP contribution in [0.1, 0.15) is 10.4 Å². The second-order valence-corrected chi connectivity index (χ2v) is 7.03. The van der Waals surface area contributed by atoms with Gasteiger partial charge in [0.2, 0.25) is 0 Å². The van der Waals surface area contributed by atoms with E-state index in [2.05, 4.69) is 10.6 Å². The summed E-state index contributed by atoms with van der Waals surface area (Å²) in [6.07, 6.45) is 0. The van der Waals surface area contributed by atoms with Gasteiger partial charge in [-0.15, -0.1) is 0 Å². The second kappa shape index (κ2) is 8.18. The predicted molar refractivity (Wildman–Crippen MR) is 123 cm³/mol. The van der Waals surface area contributed by atoms with Gasteiger partial charge in [-0.25, -0.2) is 4.79 Å². The Morgan fingerprint density at radius 3 is 2.30 bits per heavy atom. The van der Waals surface area contributed by atoms with Crippen LogP contribution >= 0.6 is 12.2 Å². The highest BCUT2D eigenvalue weighted by molar-refractivity contribution is 7.80. The molecule has 30 heavy (non-hydrogen) atoms. The molecule has 0 atom stereocenters. The zero-order valence-electron chi connectivity index (χ0n) is 15.7. The second-order valence-electron chi connectivity index (χ2n) is 6.59. The molecule has 0 fully saturated rings. The summed E-state index contributed by atoms with van der Waals surface area (Å²) in [5.74, 6) is -0.294. The molecule has 0 bridgehead atoms. The molecule has 1 amide bonds. The van der Waals surface area contributed by atoms with Crippen molar-refractivity contribution in [1.29, 1.82) is 0 Å². The maximum absolute atomic E-state index is 12.7. The minimum absolute atomic E-state index is 0.168. The number of hydrogen-bond donors (Lipinski definition) is 3. The lowest BCUT2D eigenvalue weighted by molar-refractivity contribution is 0.102. The minimum atomic E-state index is -0.452. The Morgan fingerprint density at radius 1 is 0.867 bits per heavy atom. The number of anilines is 2. The van der Waals surface area contributed by atoms with E-state index in [-0.39, 0.29) is 11.0 Å². The number of amides is 1. The molecule has 1 heterocycles. The summed E-state index contributed by atoms with van der Waals surface area (Å²) in [5, 5.41) is 6.63. The molecule has 0 radical (unpaired) electrons. The molecule has 7 heteroatoms. The van der Waals surface area contributed by atoms with Crippen molar-refractivity contribution >= 4 is 45.6 Å². The summed E-state index contributed by atoms with van der Waals surface area (Å²) in [4.78, 5) is 25.1. The van der Waals surface area contributed by atoms with E-state index in [1.807, 2.05) is 18.2 Å². The van der Waals surface area contributed by atoms with Gasteiger partial charge in [0.05, 0.1) is 5.56 Å². The lowest BCUT2D eigenvalue weighted by Gasteiger charge is -2.09. The number of benzene rings is 3. The highest BCUT2D eigenvalue weighted by atomic mass is 32.1. The summed E-state index contributed by atoms with van der Waals surface area (Å²) < 4.78 is 5.40. The van der Waals surface area contributed by atoms with Gasteiger partial charge in [0.25, 0.3) is 5.91 Å². The number of thiocarbonyl (C=S) groups is 1. The van der Waals surface area contributed by atoms with Crippen molar-refractivity contribution in [3.05, 3.63) is 94.8 Å². The summed E-state index contributed by atoms with van der Waals surface area (Å²) >= 11 is 4.80. The van der Waals surface area contributed by atoms with Crippen LogP contribution in [0.4, 0.5) is 11.4 Å². The van der Waals surface area contributed by atoms with Crippen LogP contribution in [0.2, 0.25) is 0 Å². The van der Waals surface area contributed by atoms with Gasteiger partial charge in [-0.05, 0) is 66.3 Å². The van der Waals surface area contributed by atoms with E-state index in [0.29, 0.717) is 28.0 Å². The largest absolute Gasteiger partial charge is 0.422 e. The SMILES string of the molecule is NC(=S)Nc1ccc(NC(=O)c2cccc(-c3cc4ccccc4oc3=O)c2)cc1. The average molecular weight is 415 g/mol. The molecule has 0 unspecified atom stereocenters. The molecule has 4 N–H and O–H groups in total. The zero-order chi connectivity index (χ0) is 21.1. The van der Waals surface area contributed by atoms with Gasteiger partial charge >= 0.3 is 5.63 Å². The van der Waals surface area contributed by atoms with Crippen LogP contribution in [-0.2, 0) is 0 Å². The normalized spacial score (nSPS) is 10.5. The summed E-state index contributed by atoms with van der Waals surface area (Å²) in [6.45, 7) is 0. The van der Waals surface area contributed by atoms with E-state index in [1.165, 1.54) is 0 Å². The summed E-state index contributed by atoms with van der Waals surface area (Å²) in [7, 11) is 0. The van der Waals surface area contributed by atoms with Crippen molar-refractivity contribution in [2.24, 2.45) is 5.73 Å². The number of para-hydroxylation sites is 1. The Morgan fingerprint density at radius 2 is 1.57 bits per heavy atom. The van der Waals surface area contributed by atoms with Crippen molar-refractivity contribution in [3.63, 3.8) is 0 Å². The molecule has 0 saturated heterocycles. The molecule has 0 spiro atoms. The van der Waals surface area contributed by atoms with Gasteiger partial charge in [-0.2, -0.15) is 0 Å². The molecule has 4 aromatic rings. The molecule has 0 aliphatic carbocycles. The smallest absolute Gasteiger partial charge is 0.344 e. The summed E-state index contributed by atoms with van der Waals surface area (Å²) in [6, 6.07) is 22.9. The Hall–Kier alpha value is -3.97. The quantitative estimate of drug-likeness (QED) is 0.338. The van der Waals surface area contributed by atoms with Crippen LogP contribution in [0, 0.1) is 0 Å². The van der Waals surface area contributed by atoms with E-state index >= 15 is 0 Å². The molecular weight excluding hydrogens is 398 g/mol. The molecule has 3 aromatic carbocycles. The van der Waals surface area contributed by atoms with Crippen LogP contribution in [0.5, 0.6) is 0 Å². The number of nitrogens with two attached hydrogens (primary N) is 1. The lowest BCUT2D eigenvalue weighted by atomic mass is 10.0. The third-order valence-electron chi connectivity index (χ3n) is 4.49. The average Bonchev–Trinajstić information content (AvgIpc) is 2.74. The Labute approximate surface area is 177 Å². The van der Waals surface area contributed by atoms with Crippen molar-refractivity contribution in [2.45, 2.75) is 0 Å². The predicted octanol–water partition coefficient (Wildman–Crippen LogP) is 4.37.